The van der Waals surface area contributed by atoms with E-state index < -0.39 is 0 Å². The minimum absolute atomic E-state index is 0.879. The molecule has 0 aliphatic rings. The maximum absolute atomic E-state index is 5.22. The fourth-order valence-electron chi connectivity index (χ4n) is 7.80. The van der Waals surface area contributed by atoms with Gasteiger partial charge >= 0.3 is 0 Å². The van der Waals surface area contributed by atoms with Gasteiger partial charge in [0, 0.05) is 67.8 Å². The Morgan fingerprint density at radius 2 is 0.820 bits per heavy atom. The number of rotatable bonds is 3. The van der Waals surface area contributed by atoms with Crippen LogP contribution in [0, 0.1) is 0 Å². The summed E-state index contributed by atoms with van der Waals surface area (Å²) in [6, 6.07) is 54.9. The molecule has 4 heteroatoms. The second-order valence-electron chi connectivity index (χ2n) is 12.9. The summed E-state index contributed by atoms with van der Waals surface area (Å²) in [7, 11) is 0. The van der Waals surface area contributed by atoms with Crippen LogP contribution < -0.4 is 0 Å². The second-order valence-corrected chi connectivity index (χ2v) is 14.9. The van der Waals surface area contributed by atoms with Crippen LogP contribution in [0.5, 0.6) is 0 Å². The molecule has 3 aromatic heterocycles. The van der Waals surface area contributed by atoms with E-state index in [1.54, 1.807) is 0 Å². The highest BCUT2D eigenvalue weighted by Gasteiger charge is 2.17. The molecule has 8 aromatic carbocycles. The lowest BCUT2D eigenvalue weighted by molar-refractivity contribution is 1.31. The molecule has 0 unspecified atom stereocenters. The molecular formula is C46H26N2S2. The Kier molecular flexibility index (Phi) is 6.03. The van der Waals surface area contributed by atoms with Gasteiger partial charge in [-0.2, -0.15) is 0 Å². The molecule has 2 nitrogen and oxygen atoms in total. The number of hydrogen-bond donors (Lipinski definition) is 0. The molecule has 0 aliphatic carbocycles. The number of fused-ring (bicyclic) bond motifs is 12. The second kappa shape index (κ2) is 10.8. The zero-order valence-corrected chi connectivity index (χ0v) is 28.4. The largest absolute Gasteiger partial charge is 0.252 e. The van der Waals surface area contributed by atoms with Gasteiger partial charge in [-0.3, -0.25) is 4.98 Å². The van der Waals surface area contributed by atoms with E-state index in [9.17, 15) is 0 Å². The molecule has 0 saturated heterocycles. The lowest BCUT2D eigenvalue weighted by Crippen LogP contribution is -1.92. The van der Waals surface area contributed by atoms with Crippen LogP contribution in [0.4, 0.5) is 0 Å². The maximum Gasteiger partial charge on any atom is 0.0979 e. The van der Waals surface area contributed by atoms with Crippen LogP contribution in [0.3, 0.4) is 0 Å². The van der Waals surface area contributed by atoms with Crippen molar-refractivity contribution in [3.8, 4) is 33.5 Å². The van der Waals surface area contributed by atoms with E-state index in [-0.39, 0.29) is 0 Å². The summed E-state index contributed by atoms with van der Waals surface area (Å²) < 4.78 is 5.34. The van der Waals surface area contributed by atoms with Gasteiger partial charge in [0.1, 0.15) is 0 Å². The molecule has 11 aromatic rings. The number of aromatic nitrogens is 2. The Morgan fingerprint density at radius 1 is 0.340 bits per heavy atom. The lowest BCUT2D eigenvalue weighted by atomic mass is 9.98. The summed E-state index contributed by atoms with van der Waals surface area (Å²) in [6.07, 6.45) is 1.92. The standard InChI is InChI=1S/C46H26N2S2/c1-3-13-33-30(10-1)31-11-2-4-14-34(31)43-42(33)47-26-40(48-43)28-24-22-27(23-25-28)29-15-7-17-36-38-19-9-20-39(46(38)50-44(29)36)37-18-8-16-35-32-12-5-6-21-41(32)49-45(35)37/h1-26H. The molecular weight excluding hydrogens is 645 g/mol. The molecule has 0 N–H and O–H groups in total. The van der Waals surface area contributed by atoms with Crippen LogP contribution in [0.15, 0.2) is 158 Å². The van der Waals surface area contributed by atoms with Gasteiger partial charge in [0.25, 0.3) is 0 Å². The van der Waals surface area contributed by atoms with Crippen LogP contribution in [0.25, 0.3) is 106 Å². The van der Waals surface area contributed by atoms with Crippen molar-refractivity contribution in [3.05, 3.63) is 158 Å². The van der Waals surface area contributed by atoms with Crippen LogP contribution in [-0.4, -0.2) is 9.97 Å². The third kappa shape index (κ3) is 4.07. The number of nitrogens with zero attached hydrogens (tertiary/aromatic N) is 2. The maximum atomic E-state index is 5.22. The number of hydrogen-bond acceptors (Lipinski definition) is 4. The molecule has 0 radical (unpaired) electrons. The Labute approximate surface area is 295 Å². The molecule has 0 aliphatic heterocycles. The van der Waals surface area contributed by atoms with Crippen molar-refractivity contribution in [2.24, 2.45) is 0 Å². The van der Waals surface area contributed by atoms with Crippen molar-refractivity contribution in [2.75, 3.05) is 0 Å². The Balaban J connectivity index is 1.03. The predicted molar refractivity (Wildman–Crippen MR) is 217 cm³/mol. The van der Waals surface area contributed by atoms with Gasteiger partial charge in [0.15, 0.2) is 0 Å². The molecule has 0 saturated carbocycles. The molecule has 50 heavy (non-hydrogen) atoms. The quantitative estimate of drug-likeness (QED) is 0.175. The van der Waals surface area contributed by atoms with Crippen LogP contribution in [0.1, 0.15) is 0 Å². The van der Waals surface area contributed by atoms with E-state index in [4.69, 9.17) is 9.97 Å². The van der Waals surface area contributed by atoms with Crippen molar-refractivity contribution >= 4 is 95.6 Å². The first-order valence-electron chi connectivity index (χ1n) is 16.8. The third-order valence-electron chi connectivity index (χ3n) is 10.1. The van der Waals surface area contributed by atoms with Crippen molar-refractivity contribution < 1.29 is 0 Å². The SMILES string of the molecule is c1ccc2c(c1)sc1c(-c3cccc4c3sc3c(-c5ccc(-c6cnc7c8ccccc8c8ccccc8c7n6)cc5)cccc34)cccc12. The minimum Gasteiger partial charge on any atom is -0.252 e. The Bertz CT molecular complexity index is 3120. The monoisotopic (exact) mass is 670 g/mol. The molecule has 11 rings (SSSR count). The van der Waals surface area contributed by atoms with E-state index in [0.29, 0.717) is 0 Å². The fourth-order valence-corrected chi connectivity index (χ4v) is 10.4. The lowest BCUT2D eigenvalue weighted by Gasteiger charge is -2.10. The van der Waals surface area contributed by atoms with Crippen LogP contribution in [0.2, 0.25) is 0 Å². The Morgan fingerprint density at radius 3 is 1.50 bits per heavy atom. The highest BCUT2D eigenvalue weighted by Crippen LogP contribution is 2.47. The molecule has 232 valence electrons. The normalized spacial score (nSPS) is 12.0. The molecule has 0 atom stereocenters. The topological polar surface area (TPSA) is 25.8 Å². The van der Waals surface area contributed by atoms with E-state index >= 15 is 0 Å². The summed E-state index contributed by atoms with van der Waals surface area (Å²) in [4.78, 5) is 10.2. The van der Waals surface area contributed by atoms with Crippen LogP contribution >= 0.6 is 22.7 Å². The highest BCUT2D eigenvalue weighted by molar-refractivity contribution is 7.27. The van der Waals surface area contributed by atoms with Crippen molar-refractivity contribution in [1.82, 2.24) is 9.97 Å². The zero-order chi connectivity index (χ0) is 32.8. The van der Waals surface area contributed by atoms with Gasteiger partial charge in [-0.05, 0) is 28.0 Å². The van der Waals surface area contributed by atoms with Gasteiger partial charge in [0.2, 0.25) is 0 Å². The number of benzene rings is 8. The molecule has 0 fully saturated rings. The summed E-state index contributed by atoms with van der Waals surface area (Å²) in [5.41, 5.74) is 8.89. The van der Waals surface area contributed by atoms with E-state index in [1.807, 2.05) is 28.9 Å². The summed E-state index contributed by atoms with van der Waals surface area (Å²) in [6.45, 7) is 0. The van der Waals surface area contributed by atoms with Gasteiger partial charge in [-0.1, -0.05) is 146 Å². The zero-order valence-electron chi connectivity index (χ0n) is 26.7. The first kappa shape index (κ1) is 28.0. The van der Waals surface area contributed by atoms with E-state index in [0.717, 1.165) is 33.1 Å². The van der Waals surface area contributed by atoms with E-state index in [1.165, 1.54) is 73.4 Å². The number of thiophene rings is 2. The summed E-state index contributed by atoms with van der Waals surface area (Å²) >= 11 is 3.80. The van der Waals surface area contributed by atoms with Gasteiger partial charge in [-0.25, -0.2) is 4.98 Å². The minimum atomic E-state index is 0.879. The van der Waals surface area contributed by atoms with Gasteiger partial charge in [-0.15, -0.1) is 22.7 Å². The first-order valence-corrected chi connectivity index (χ1v) is 18.5. The predicted octanol–water partition coefficient (Wildman–Crippen LogP) is 13.7. The molecule has 0 spiro atoms. The van der Waals surface area contributed by atoms with E-state index in [2.05, 4.69) is 152 Å². The first-order chi connectivity index (χ1) is 24.8. The Hall–Kier alpha value is -5.94. The molecule has 0 bridgehead atoms. The highest BCUT2D eigenvalue weighted by atomic mass is 32.1. The van der Waals surface area contributed by atoms with Crippen molar-refractivity contribution in [2.45, 2.75) is 0 Å². The van der Waals surface area contributed by atoms with Gasteiger partial charge < -0.3 is 0 Å². The summed E-state index contributed by atoms with van der Waals surface area (Å²) in [5, 5.41) is 9.96. The average molecular weight is 671 g/mol. The van der Waals surface area contributed by atoms with Gasteiger partial charge in [0.05, 0.1) is 22.9 Å². The van der Waals surface area contributed by atoms with Crippen molar-refractivity contribution in [1.29, 1.82) is 0 Å². The fraction of sp³-hybridized carbons (Fsp3) is 0. The van der Waals surface area contributed by atoms with Crippen LogP contribution in [-0.2, 0) is 0 Å². The molecule has 3 heterocycles. The van der Waals surface area contributed by atoms with Crippen molar-refractivity contribution in [3.63, 3.8) is 0 Å². The summed E-state index contributed by atoms with van der Waals surface area (Å²) in [5.74, 6) is 0. The smallest absolute Gasteiger partial charge is 0.0979 e. The average Bonchev–Trinajstić information content (AvgIpc) is 3.77. The third-order valence-corrected chi connectivity index (χ3v) is 12.6. The molecule has 0 amide bonds.